The van der Waals surface area contributed by atoms with E-state index in [1.807, 2.05) is 42.5 Å². The molecule has 0 aromatic heterocycles. The molecule has 0 saturated heterocycles. The number of halogens is 2. The Labute approximate surface area is 125 Å². The van der Waals surface area contributed by atoms with Gasteiger partial charge in [0.25, 0.3) is 0 Å². The first-order valence-corrected chi connectivity index (χ1v) is 7.28. The summed E-state index contributed by atoms with van der Waals surface area (Å²) in [6.07, 6.45) is 0.755. The molecule has 2 N–H and O–H groups in total. The molecule has 0 saturated carbocycles. The van der Waals surface area contributed by atoms with E-state index in [0.29, 0.717) is 0 Å². The topological polar surface area (TPSA) is 35.2 Å². The standard InChI is InChI=1S/C15H13BrClNO/c16-10-3-6-12-13(18)8-14(19-15(12)7-10)9-1-4-11(17)5-2-9/h1-7,13-14H,8,18H2/t13-,14?/m0/s1. The summed E-state index contributed by atoms with van der Waals surface area (Å²) in [7, 11) is 0. The smallest absolute Gasteiger partial charge is 0.126 e. The van der Waals surface area contributed by atoms with Gasteiger partial charge >= 0.3 is 0 Å². The van der Waals surface area contributed by atoms with Crippen LogP contribution in [-0.2, 0) is 0 Å². The second kappa shape index (κ2) is 5.16. The fraction of sp³-hybridized carbons (Fsp3) is 0.200. The lowest BCUT2D eigenvalue weighted by Gasteiger charge is -2.30. The van der Waals surface area contributed by atoms with Crippen LogP contribution in [0.2, 0.25) is 5.02 Å². The number of benzene rings is 2. The van der Waals surface area contributed by atoms with E-state index < -0.39 is 0 Å². The van der Waals surface area contributed by atoms with E-state index in [2.05, 4.69) is 15.9 Å². The van der Waals surface area contributed by atoms with Gasteiger partial charge in [0.15, 0.2) is 0 Å². The quantitative estimate of drug-likeness (QED) is 0.823. The summed E-state index contributed by atoms with van der Waals surface area (Å²) in [5.74, 6) is 0.855. The third kappa shape index (κ3) is 2.64. The van der Waals surface area contributed by atoms with Gasteiger partial charge < -0.3 is 10.5 Å². The van der Waals surface area contributed by atoms with Crippen LogP contribution in [0.4, 0.5) is 0 Å². The van der Waals surface area contributed by atoms with Crippen molar-refractivity contribution >= 4 is 27.5 Å². The molecule has 0 spiro atoms. The minimum Gasteiger partial charge on any atom is -0.485 e. The Morgan fingerprint density at radius 2 is 1.89 bits per heavy atom. The van der Waals surface area contributed by atoms with E-state index in [0.717, 1.165) is 32.8 Å². The Kier molecular flexibility index (Phi) is 3.52. The second-order valence-corrected chi connectivity index (χ2v) is 6.03. The zero-order valence-electron chi connectivity index (χ0n) is 10.1. The zero-order valence-corrected chi connectivity index (χ0v) is 12.5. The molecular formula is C15H13BrClNO. The monoisotopic (exact) mass is 337 g/mol. The van der Waals surface area contributed by atoms with E-state index in [9.17, 15) is 0 Å². The van der Waals surface area contributed by atoms with E-state index in [1.165, 1.54) is 0 Å². The van der Waals surface area contributed by atoms with Crippen LogP contribution in [0.3, 0.4) is 0 Å². The van der Waals surface area contributed by atoms with Crippen LogP contribution in [0.25, 0.3) is 0 Å². The first-order valence-electron chi connectivity index (χ1n) is 6.10. The maximum absolute atomic E-state index is 6.23. The molecule has 1 unspecified atom stereocenters. The number of fused-ring (bicyclic) bond motifs is 1. The average Bonchev–Trinajstić information content (AvgIpc) is 2.38. The SMILES string of the molecule is N[C@H]1CC(c2ccc(Cl)cc2)Oc2cc(Br)ccc21. The van der Waals surface area contributed by atoms with Gasteiger partial charge in [0.2, 0.25) is 0 Å². The van der Waals surface area contributed by atoms with E-state index in [1.54, 1.807) is 0 Å². The van der Waals surface area contributed by atoms with E-state index >= 15 is 0 Å². The minimum atomic E-state index is -0.0194. The van der Waals surface area contributed by atoms with Gasteiger partial charge in [0.05, 0.1) is 0 Å². The summed E-state index contributed by atoms with van der Waals surface area (Å²) in [6, 6.07) is 13.7. The zero-order chi connectivity index (χ0) is 13.4. The lowest BCUT2D eigenvalue weighted by atomic mass is 9.94. The predicted octanol–water partition coefficient (Wildman–Crippen LogP) is 4.63. The Morgan fingerprint density at radius 1 is 1.16 bits per heavy atom. The molecule has 1 aliphatic heterocycles. The first kappa shape index (κ1) is 13.0. The minimum absolute atomic E-state index is 0.00229. The van der Waals surface area contributed by atoms with Crippen LogP contribution in [-0.4, -0.2) is 0 Å². The highest BCUT2D eigenvalue weighted by Gasteiger charge is 2.27. The third-order valence-corrected chi connectivity index (χ3v) is 4.10. The van der Waals surface area contributed by atoms with Gasteiger partial charge in [-0.05, 0) is 29.8 Å². The Balaban J connectivity index is 1.93. The molecular weight excluding hydrogens is 326 g/mol. The van der Waals surface area contributed by atoms with E-state index in [4.69, 9.17) is 22.1 Å². The molecule has 0 bridgehead atoms. The summed E-state index contributed by atoms with van der Waals surface area (Å²) < 4.78 is 7.05. The Hall–Kier alpha value is -1.03. The Bertz CT molecular complexity index is 600. The van der Waals surface area contributed by atoms with Crippen LogP contribution in [0, 0.1) is 0 Å². The highest BCUT2D eigenvalue weighted by atomic mass is 79.9. The van der Waals surface area contributed by atoms with Gasteiger partial charge in [-0.2, -0.15) is 0 Å². The average molecular weight is 339 g/mol. The molecule has 2 atom stereocenters. The third-order valence-electron chi connectivity index (χ3n) is 3.35. The summed E-state index contributed by atoms with van der Waals surface area (Å²) >= 11 is 9.37. The molecule has 98 valence electrons. The lowest BCUT2D eigenvalue weighted by Crippen LogP contribution is -2.24. The van der Waals surface area contributed by atoms with Crippen molar-refractivity contribution in [1.82, 2.24) is 0 Å². The molecule has 0 aliphatic carbocycles. The summed E-state index contributed by atoms with van der Waals surface area (Å²) in [5.41, 5.74) is 8.40. The number of hydrogen-bond donors (Lipinski definition) is 1. The van der Waals surface area contributed by atoms with Crippen molar-refractivity contribution in [3.05, 3.63) is 63.1 Å². The first-order chi connectivity index (χ1) is 9.13. The van der Waals surface area contributed by atoms with Crippen LogP contribution < -0.4 is 10.5 Å². The van der Waals surface area contributed by atoms with Crippen LogP contribution in [0.5, 0.6) is 5.75 Å². The van der Waals surface area contributed by atoms with Gasteiger partial charge in [-0.25, -0.2) is 0 Å². The predicted molar refractivity (Wildman–Crippen MR) is 80.5 cm³/mol. The summed E-state index contributed by atoms with van der Waals surface area (Å²) in [5, 5.41) is 0.729. The molecule has 2 nitrogen and oxygen atoms in total. The highest BCUT2D eigenvalue weighted by molar-refractivity contribution is 9.10. The molecule has 2 aromatic carbocycles. The summed E-state index contributed by atoms with van der Waals surface area (Å²) in [4.78, 5) is 0. The molecule has 0 radical (unpaired) electrons. The van der Waals surface area contributed by atoms with Crippen molar-refractivity contribution in [2.24, 2.45) is 5.73 Å². The van der Waals surface area contributed by atoms with Gasteiger partial charge in [-0.1, -0.05) is 45.7 Å². The molecule has 0 fully saturated rings. The van der Waals surface area contributed by atoms with Crippen molar-refractivity contribution in [3.63, 3.8) is 0 Å². The lowest BCUT2D eigenvalue weighted by molar-refractivity contribution is 0.161. The maximum atomic E-state index is 6.23. The van der Waals surface area contributed by atoms with Gasteiger partial charge in [-0.15, -0.1) is 0 Å². The number of nitrogens with two attached hydrogens (primary N) is 1. The van der Waals surface area contributed by atoms with Crippen molar-refractivity contribution in [1.29, 1.82) is 0 Å². The molecule has 4 heteroatoms. The van der Waals surface area contributed by atoms with Crippen LogP contribution >= 0.6 is 27.5 Å². The van der Waals surface area contributed by atoms with Crippen molar-refractivity contribution in [3.8, 4) is 5.75 Å². The summed E-state index contributed by atoms with van der Waals surface area (Å²) in [6.45, 7) is 0. The maximum Gasteiger partial charge on any atom is 0.126 e. The normalized spacial score (nSPS) is 21.6. The fourth-order valence-corrected chi connectivity index (χ4v) is 2.82. The van der Waals surface area contributed by atoms with Crippen molar-refractivity contribution in [2.75, 3.05) is 0 Å². The number of ether oxygens (including phenoxy) is 1. The number of rotatable bonds is 1. The van der Waals surface area contributed by atoms with Crippen LogP contribution in [0.1, 0.15) is 29.7 Å². The second-order valence-electron chi connectivity index (χ2n) is 4.68. The van der Waals surface area contributed by atoms with Crippen molar-refractivity contribution in [2.45, 2.75) is 18.6 Å². The molecule has 1 aliphatic rings. The highest BCUT2D eigenvalue weighted by Crippen LogP contribution is 2.40. The fourth-order valence-electron chi connectivity index (χ4n) is 2.36. The van der Waals surface area contributed by atoms with Crippen LogP contribution in [0.15, 0.2) is 46.9 Å². The molecule has 1 heterocycles. The van der Waals surface area contributed by atoms with Gasteiger partial charge in [-0.3, -0.25) is 0 Å². The number of hydrogen-bond acceptors (Lipinski definition) is 2. The Morgan fingerprint density at radius 3 is 2.63 bits per heavy atom. The molecule has 19 heavy (non-hydrogen) atoms. The van der Waals surface area contributed by atoms with E-state index in [-0.39, 0.29) is 12.1 Å². The molecule has 3 rings (SSSR count). The van der Waals surface area contributed by atoms with Gasteiger partial charge in [0, 0.05) is 27.5 Å². The molecule has 2 aromatic rings. The molecule has 0 amide bonds. The largest absolute Gasteiger partial charge is 0.485 e. The van der Waals surface area contributed by atoms with Gasteiger partial charge in [0.1, 0.15) is 11.9 Å². The van der Waals surface area contributed by atoms with Crippen molar-refractivity contribution < 1.29 is 4.74 Å².